The van der Waals surface area contributed by atoms with Gasteiger partial charge in [-0.2, -0.15) is 0 Å². The molecule has 0 spiro atoms. The summed E-state index contributed by atoms with van der Waals surface area (Å²) in [4.78, 5) is 12.0. The van der Waals surface area contributed by atoms with Crippen molar-refractivity contribution in [1.82, 2.24) is 0 Å². The predicted octanol–water partition coefficient (Wildman–Crippen LogP) is 2.15. The first kappa shape index (κ1) is 16.7. The number of hydrogen-bond acceptors (Lipinski definition) is 4. The Morgan fingerprint density at radius 2 is 1.75 bits per heavy atom. The summed E-state index contributed by atoms with van der Waals surface area (Å²) in [7, 11) is -3.86. The largest absolute Gasteiger partial charge is 0.459 e. The molecule has 6 heteroatoms. The minimum Gasteiger partial charge on any atom is -0.459 e. The Balaban J connectivity index is 3.21. The first-order valence-corrected chi connectivity index (χ1v) is 7.93. The molecule has 1 aromatic rings. The Morgan fingerprint density at radius 3 is 2.20 bits per heavy atom. The van der Waals surface area contributed by atoms with Crippen LogP contribution < -0.4 is 5.14 Å². The number of rotatable bonds is 4. The monoisotopic (exact) mass is 299 g/mol. The van der Waals surface area contributed by atoms with Crippen LogP contribution in [0.2, 0.25) is 0 Å². The zero-order valence-corrected chi connectivity index (χ0v) is 13.2. The van der Waals surface area contributed by atoms with Crippen LogP contribution in [-0.4, -0.2) is 20.5 Å². The van der Waals surface area contributed by atoms with E-state index in [2.05, 4.69) is 0 Å². The normalized spacial score (nSPS) is 13.3. The summed E-state index contributed by atoms with van der Waals surface area (Å²) in [6.07, 6.45) is -0.248. The second-order valence-corrected chi connectivity index (χ2v) is 6.85. The van der Waals surface area contributed by atoms with Crippen molar-refractivity contribution in [3.05, 3.63) is 28.8 Å². The van der Waals surface area contributed by atoms with Crippen LogP contribution in [0.25, 0.3) is 0 Å². The molecule has 0 radical (unpaired) electrons. The molecule has 0 aliphatic heterocycles. The molecule has 112 valence electrons. The van der Waals surface area contributed by atoms with Gasteiger partial charge < -0.3 is 4.74 Å². The number of esters is 1. The van der Waals surface area contributed by atoms with Gasteiger partial charge in [-0.3, -0.25) is 0 Å². The third-order valence-electron chi connectivity index (χ3n) is 3.39. The molecule has 5 nitrogen and oxygen atoms in total. The molecule has 0 saturated carbocycles. The molecule has 0 amide bonds. The van der Waals surface area contributed by atoms with Gasteiger partial charge in [-0.25, -0.2) is 18.4 Å². The lowest BCUT2D eigenvalue weighted by Crippen LogP contribution is -2.21. The lowest BCUT2D eigenvalue weighted by atomic mass is 10.1. The van der Waals surface area contributed by atoms with E-state index in [1.54, 1.807) is 26.8 Å². The maximum absolute atomic E-state index is 12.0. The SMILES string of the molecule is Cc1cc(C(=O)OC(C)C(C)C)cc(S(N)(=O)=O)c1C. The molecule has 0 fully saturated rings. The van der Waals surface area contributed by atoms with Gasteiger partial charge in [0.25, 0.3) is 0 Å². The fourth-order valence-corrected chi connectivity index (χ4v) is 2.49. The molecule has 20 heavy (non-hydrogen) atoms. The maximum atomic E-state index is 12.0. The average molecular weight is 299 g/mol. The van der Waals surface area contributed by atoms with Gasteiger partial charge >= 0.3 is 5.97 Å². The van der Waals surface area contributed by atoms with Crippen molar-refractivity contribution in [2.45, 2.75) is 45.6 Å². The van der Waals surface area contributed by atoms with Crippen LogP contribution in [0.1, 0.15) is 42.3 Å². The summed E-state index contributed by atoms with van der Waals surface area (Å²) >= 11 is 0. The van der Waals surface area contributed by atoms with Gasteiger partial charge in [-0.1, -0.05) is 13.8 Å². The van der Waals surface area contributed by atoms with E-state index in [-0.39, 0.29) is 22.5 Å². The van der Waals surface area contributed by atoms with Gasteiger partial charge in [0.05, 0.1) is 10.5 Å². The number of nitrogens with two attached hydrogens (primary N) is 1. The van der Waals surface area contributed by atoms with Gasteiger partial charge in [0, 0.05) is 0 Å². The zero-order chi connectivity index (χ0) is 15.7. The molecule has 1 atom stereocenters. The first-order chi connectivity index (χ1) is 9.04. The van der Waals surface area contributed by atoms with E-state index in [0.29, 0.717) is 11.1 Å². The third-order valence-corrected chi connectivity index (χ3v) is 4.43. The van der Waals surface area contributed by atoms with Crippen molar-refractivity contribution < 1.29 is 17.9 Å². The van der Waals surface area contributed by atoms with Gasteiger partial charge in [-0.15, -0.1) is 0 Å². The topological polar surface area (TPSA) is 86.5 Å². The Labute approximate surface area is 120 Å². The van der Waals surface area contributed by atoms with Crippen LogP contribution in [0.3, 0.4) is 0 Å². The van der Waals surface area contributed by atoms with Crippen LogP contribution in [-0.2, 0) is 14.8 Å². The van der Waals surface area contributed by atoms with Gasteiger partial charge in [0.15, 0.2) is 0 Å². The number of ether oxygens (including phenoxy) is 1. The molecule has 0 aliphatic carbocycles. The molecule has 0 aliphatic rings. The van der Waals surface area contributed by atoms with Crippen molar-refractivity contribution in [2.75, 3.05) is 0 Å². The number of aryl methyl sites for hydroxylation is 1. The van der Waals surface area contributed by atoms with E-state index in [1.807, 2.05) is 13.8 Å². The Kier molecular flexibility index (Phi) is 4.94. The Hall–Kier alpha value is -1.40. The maximum Gasteiger partial charge on any atom is 0.338 e. The summed E-state index contributed by atoms with van der Waals surface area (Å²) < 4.78 is 28.4. The highest BCUT2D eigenvalue weighted by molar-refractivity contribution is 7.89. The zero-order valence-electron chi connectivity index (χ0n) is 12.4. The smallest absolute Gasteiger partial charge is 0.338 e. The Bertz CT molecular complexity index is 620. The fraction of sp³-hybridized carbons (Fsp3) is 0.500. The summed E-state index contributed by atoms with van der Waals surface area (Å²) in [5.41, 5.74) is 1.42. The molecule has 0 aromatic heterocycles. The standard InChI is InChI=1S/C14H21NO4S/c1-8(2)11(5)19-14(16)12-6-9(3)10(4)13(7-12)20(15,17)18/h6-8,11H,1-5H3,(H2,15,17,18). The lowest BCUT2D eigenvalue weighted by Gasteiger charge is -2.17. The minimum atomic E-state index is -3.86. The number of benzene rings is 1. The second-order valence-electron chi connectivity index (χ2n) is 5.32. The lowest BCUT2D eigenvalue weighted by molar-refractivity contribution is 0.0237. The van der Waals surface area contributed by atoms with Gasteiger partial charge in [-0.05, 0) is 49.9 Å². The van der Waals surface area contributed by atoms with Crippen LogP contribution in [0, 0.1) is 19.8 Å². The number of carbonyl (C=O) groups is 1. The quantitative estimate of drug-likeness (QED) is 0.863. The highest BCUT2D eigenvalue weighted by Gasteiger charge is 2.20. The molecule has 1 aromatic carbocycles. The molecule has 0 heterocycles. The molecule has 1 unspecified atom stereocenters. The highest BCUT2D eigenvalue weighted by Crippen LogP contribution is 2.21. The molecule has 2 N–H and O–H groups in total. The first-order valence-electron chi connectivity index (χ1n) is 6.39. The van der Waals surface area contributed by atoms with Gasteiger partial charge in [0.1, 0.15) is 6.10 Å². The van der Waals surface area contributed by atoms with Crippen LogP contribution in [0.4, 0.5) is 0 Å². The summed E-state index contributed by atoms with van der Waals surface area (Å²) in [5.74, 6) is -0.359. The van der Waals surface area contributed by atoms with E-state index in [9.17, 15) is 13.2 Å². The van der Waals surface area contributed by atoms with Crippen molar-refractivity contribution in [1.29, 1.82) is 0 Å². The van der Waals surface area contributed by atoms with E-state index in [1.165, 1.54) is 6.07 Å². The van der Waals surface area contributed by atoms with E-state index >= 15 is 0 Å². The second kappa shape index (κ2) is 5.93. The number of hydrogen-bond donors (Lipinski definition) is 1. The van der Waals surface area contributed by atoms with Crippen LogP contribution in [0.15, 0.2) is 17.0 Å². The number of sulfonamides is 1. The molecule has 0 bridgehead atoms. The molecular formula is C14H21NO4S. The molecule has 0 saturated heterocycles. The van der Waals surface area contributed by atoms with Crippen molar-refractivity contribution in [2.24, 2.45) is 11.1 Å². The molecular weight excluding hydrogens is 278 g/mol. The number of carbonyl (C=O) groups excluding carboxylic acids is 1. The minimum absolute atomic E-state index is 0.0401. The van der Waals surface area contributed by atoms with Crippen LogP contribution in [0.5, 0.6) is 0 Å². The van der Waals surface area contributed by atoms with Crippen molar-refractivity contribution in [3.8, 4) is 0 Å². The van der Waals surface area contributed by atoms with Crippen LogP contribution >= 0.6 is 0 Å². The van der Waals surface area contributed by atoms with Crippen molar-refractivity contribution in [3.63, 3.8) is 0 Å². The average Bonchev–Trinajstić information content (AvgIpc) is 2.30. The molecule has 1 rings (SSSR count). The Morgan fingerprint density at radius 1 is 1.20 bits per heavy atom. The van der Waals surface area contributed by atoms with Crippen molar-refractivity contribution >= 4 is 16.0 Å². The van der Waals surface area contributed by atoms with E-state index < -0.39 is 16.0 Å². The summed E-state index contributed by atoms with van der Waals surface area (Å²) in [6.45, 7) is 9.06. The summed E-state index contributed by atoms with van der Waals surface area (Å²) in [5, 5.41) is 5.17. The van der Waals surface area contributed by atoms with Gasteiger partial charge in [0.2, 0.25) is 10.0 Å². The highest BCUT2D eigenvalue weighted by atomic mass is 32.2. The third kappa shape index (κ3) is 3.80. The summed E-state index contributed by atoms with van der Waals surface area (Å²) in [6, 6.07) is 2.88. The fourth-order valence-electron chi connectivity index (χ4n) is 1.61. The predicted molar refractivity (Wildman–Crippen MR) is 77.0 cm³/mol. The van der Waals surface area contributed by atoms with E-state index in [4.69, 9.17) is 9.88 Å². The number of primary sulfonamides is 1. The van der Waals surface area contributed by atoms with E-state index in [0.717, 1.165) is 0 Å².